The third kappa shape index (κ3) is 3.37. The minimum atomic E-state index is -1.42. The van der Waals surface area contributed by atoms with Crippen molar-refractivity contribution < 1.29 is 23.5 Å². The summed E-state index contributed by atoms with van der Waals surface area (Å²) in [5, 5.41) is 8.56. The van der Waals surface area contributed by atoms with Gasteiger partial charge in [0.15, 0.2) is 0 Å². The van der Waals surface area contributed by atoms with E-state index in [2.05, 4.69) is 0 Å². The molecule has 17 heavy (non-hydrogen) atoms. The summed E-state index contributed by atoms with van der Waals surface area (Å²) in [6, 6.07) is 1.41. The van der Waals surface area contributed by atoms with Crippen molar-refractivity contribution in [3.8, 4) is 0 Å². The van der Waals surface area contributed by atoms with E-state index in [1.54, 1.807) is 0 Å². The zero-order valence-electron chi connectivity index (χ0n) is 8.61. The summed E-state index contributed by atoms with van der Waals surface area (Å²) in [6.45, 7) is 0. The minimum absolute atomic E-state index is 0.153. The molecule has 0 unspecified atom stereocenters. The van der Waals surface area contributed by atoms with Gasteiger partial charge in [-0.25, -0.2) is 13.6 Å². The van der Waals surface area contributed by atoms with Crippen LogP contribution in [0.3, 0.4) is 0 Å². The van der Waals surface area contributed by atoms with Gasteiger partial charge in [-0.1, -0.05) is 12.2 Å². The molecule has 0 radical (unpaired) electrons. The van der Waals surface area contributed by atoms with Gasteiger partial charge in [-0.3, -0.25) is 4.79 Å². The van der Waals surface area contributed by atoms with Gasteiger partial charge in [0.05, 0.1) is 5.56 Å². The van der Waals surface area contributed by atoms with Crippen molar-refractivity contribution in [2.45, 2.75) is 6.42 Å². The summed E-state index contributed by atoms with van der Waals surface area (Å²) >= 11 is 0. The lowest BCUT2D eigenvalue weighted by molar-refractivity contribution is -0.117. The summed E-state index contributed by atoms with van der Waals surface area (Å²) < 4.78 is 26.6. The summed E-state index contributed by atoms with van der Waals surface area (Å²) in [4.78, 5) is 20.9. The van der Waals surface area contributed by atoms with Gasteiger partial charge in [-0.05, 0) is 12.1 Å². The fourth-order valence-corrected chi connectivity index (χ4v) is 1.16. The second kappa shape index (κ2) is 5.20. The van der Waals surface area contributed by atoms with E-state index in [1.165, 1.54) is 6.08 Å². The Morgan fingerprint density at radius 2 is 1.82 bits per heavy atom. The van der Waals surface area contributed by atoms with Crippen molar-refractivity contribution in [2.75, 3.05) is 0 Å². The highest BCUT2D eigenvalue weighted by molar-refractivity contribution is 5.88. The summed E-state index contributed by atoms with van der Waals surface area (Å²) in [5.74, 6) is -4.08. The second-order valence-electron chi connectivity index (χ2n) is 3.23. The van der Waals surface area contributed by atoms with Crippen LogP contribution in [0.4, 0.5) is 8.78 Å². The minimum Gasteiger partial charge on any atom is -0.478 e. The molecule has 1 rings (SSSR count). The highest BCUT2D eigenvalue weighted by atomic mass is 19.1. The number of benzene rings is 1. The number of carbonyl (C=O) groups excluding carboxylic acids is 1. The molecule has 0 fully saturated rings. The molecule has 0 bridgehead atoms. The largest absolute Gasteiger partial charge is 0.478 e. The van der Waals surface area contributed by atoms with Crippen LogP contribution in [0.25, 0.3) is 6.08 Å². The molecule has 1 aromatic rings. The van der Waals surface area contributed by atoms with E-state index in [0.717, 1.165) is 6.08 Å². The maximum atomic E-state index is 13.3. The number of hydrogen-bond acceptors (Lipinski definition) is 2. The fourth-order valence-electron chi connectivity index (χ4n) is 1.16. The molecular formula is C11H9F2NO3. The topological polar surface area (TPSA) is 80.4 Å². The van der Waals surface area contributed by atoms with Crippen LogP contribution in [-0.2, 0) is 4.79 Å². The van der Waals surface area contributed by atoms with Crippen molar-refractivity contribution >= 4 is 18.0 Å². The maximum absolute atomic E-state index is 13.3. The van der Waals surface area contributed by atoms with Crippen LogP contribution in [-0.4, -0.2) is 17.0 Å². The second-order valence-corrected chi connectivity index (χ2v) is 3.23. The molecule has 1 amide bonds. The van der Waals surface area contributed by atoms with E-state index >= 15 is 0 Å². The van der Waals surface area contributed by atoms with E-state index in [4.69, 9.17) is 10.8 Å². The first kappa shape index (κ1) is 12.8. The van der Waals surface area contributed by atoms with Crippen molar-refractivity contribution in [3.63, 3.8) is 0 Å². The van der Waals surface area contributed by atoms with Crippen LogP contribution < -0.4 is 5.73 Å². The van der Waals surface area contributed by atoms with E-state index in [-0.39, 0.29) is 6.42 Å². The number of nitrogens with two attached hydrogens (primary N) is 1. The lowest BCUT2D eigenvalue weighted by Crippen LogP contribution is -2.08. The van der Waals surface area contributed by atoms with Crippen molar-refractivity contribution in [3.05, 3.63) is 41.0 Å². The molecule has 0 heterocycles. The number of carbonyl (C=O) groups is 2. The van der Waals surface area contributed by atoms with Crippen LogP contribution in [0.1, 0.15) is 22.3 Å². The molecule has 0 spiro atoms. The molecule has 0 aliphatic rings. The lowest BCUT2D eigenvalue weighted by Gasteiger charge is -2.01. The fraction of sp³-hybridized carbons (Fsp3) is 0.0909. The van der Waals surface area contributed by atoms with Gasteiger partial charge in [-0.2, -0.15) is 0 Å². The molecule has 4 nitrogen and oxygen atoms in total. The van der Waals surface area contributed by atoms with E-state index in [1.807, 2.05) is 0 Å². The SMILES string of the molecule is NC(=O)CC=Cc1c(F)cc(C(=O)O)cc1F. The van der Waals surface area contributed by atoms with E-state index in [0.29, 0.717) is 12.1 Å². The molecule has 0 saturated carbocycles. The predicted molar refractivity (Wildman–Crippen MR) is 56.2 cm³/mol. The monoisotopic (exact) mass is 241 g/mol. The lowest BCUT2D eigenvalue weighted by atomic mass is 10.1. The third-order valence-corrected chi connectivity index (χ3v) is 1.93. The average Bonchev–Trinajstić information content (AvgIpc) is 2.21. The van der Waals surface area contributed by atoms with Crippen molar-refractivity contribution in [1.29, 1.82) is 0 Å². The van der Waals surface area contributed by atoms with Gasteiger partial charge < -0.3 is 10.8 Å². The number of aromatic carboxylic acids is 1. The number of hydrogen-bond donors (Lipinski definition) is 2. The normalized spacial score (nSPS) is 10.7. The highest BCUT2D eigenvalue weighted by Gasteiger charge is 2.12. The Morgan fingerprint density at radius 3 is 2.24 bits per heavy atom. The standard InChI is InChI=1S/C11H9F2NO3/c12-8-4-6(11(16)17)5-9(13)7(8)2-1-3-10(14)15/h1-2,4-5H,3H2,(H2,14,15)(H,16,17). The average molecular weight is 241 g/mol. The molecule has 1 aromatic carbocycles. The smallest absolute Gasteiger partial charge is 0.335 e. The molecule has 0 aromatic heterocycles. The van der Waals surface area contributed by atoms with Crippen LogP contribution in [0, 0.1) is 11.6 Å². The molecule has 0 atom stereocenters. The molecular weight excluding hydrogens is 232 g/mol. The first-order chi connectivity index (χ1) is 7.91. The Balaban J connectivity index is 3.05. The summed E-state index contributed by atoms with van der Waals surface area (Å²) in [7, 11) is 0. The van der Waals surface area contributed by atoms with E-state index < -0.39 is 34.6 Å². The highest BCUT2D eigenvalue weighted by Crippen LogP contribution is 2.17. The third-order valence-electron chi connectivity index (χ3n) is 1.93. The first-order valence-corrected chi connectivity index (χ1v) is 4.59. The Morgan fingerprint density at radius 1 is 1.29 bits per heavy atom. The van der Waals surface area contributed by atoms with E-state index in [9.17, 15) is 18.4 Å². The molecule has 0 aliphatic heterocycles. The Bertz CT molecular complexity index is 474. The Hall–Kier alpha value is -2.24. The predicted octanol–water partition coefficient (Wildman–Crippen LogP) is 1.55. The number of halogens is 2. The number of amides is 1. The van der Waals surface area contributed by atoms with Crippen LogP contribution in [0.5, 0.6) is 0 Å². The molecule has 0 saturated heterocycles. The van der Waals surface area contributed by atoms with Gasteiger partial charge >= 0.3 is 5.97 Å². The Kier molecular flexibility index (Phi) is 3.92. The molecule has 6 heteroatoms. The number of rotatable bonds is 4. The van der Waals surface area contributed by atoms with Gasteiger partial charge in [0.1, 0.15) is 11.6 Å². The number of carboxylic acids is 1. The van der Waals surface area contributed by atoms with Gasteiger partial charge in [-0.15, -0.1) is 0 Å². The summed E-state index contributed by atoms with van der Waals surface area (Å²) in [5.41, 5.74) is 3.96. The van der Waals surface area contributed by atoms with Crippen molar-refractivity contribution in [2.24, 2.45) is 5.73 Å². The quantitative estimate of drug-likeness (QED) is 0.839. The molecule has 0 aliphatic carbocycles. The molecule has 3 N–H and O–H groups in total. The molecule has 90 valence electrons. The van der Waals surface area contributed by atoms with Crippen LogP contribution in [0.2, 0.25) is 0 Å². The zero-order chi connectivity index (χ0) is 13.0. The van der Waals surface area contributed by atoms with Gasteiger partial charge in [0, 0.05) is 12.0 Å². The van der Waals surface area contributed by atoms with Gasteiger partial charge in [0.2, 0.25) is 5.91 Å². The van der Waals surface area contributed by atoms with Crippen molar-refractivity contribution in [1.82, 2.24) is 0 Å². The summed E-state index contributed by atoms with van der Waals surface area (Å²) in [6.07, 6.45) is 2.09. The number of carboxylic acid groups (broad SMARTS) is 1. The van der Waals surface area contributed by atoms with Gasteiger partial charge in [0.25, 0.3) is 0 Å². The maximum Gasteiger partial charge on any atom is 0.335 e. The van der Waals surface area contributed by atoms with Crippen LogP contribution in [0.15, 0.2) is 18.2 Å². The van der Waals surface area contributed by atoms with Crippen LogP contribution >= 0.6 is 0 Å². The zero-order valence-corrected chi connectivity index (χ0v) is 8.61. The first-order valence-electron chi connectivity index (χ1n) is 4.59. The number of primary amides is 1. The Labute approximate surface area is 95.4 Å².